The Labute approximate surface area is 135 Å². The molecule has 2 aromatic carbocycles. The lowest BCUT2D eigenvalue weighted by Crippen LogP contribution is -2.37. The van der Waals surface area contributed by atoms with Crippen LogP contribution in [0.1, 0.15) is 35.6 Å². The summed E-state index contributed by atoms with van der Waals surface area (Å²) in [5, 5.41) is 6.21. The number of halogens is 1. The summed E-state index contributed by atoms with van der Waals surface area (Å²) in [5.41, 5.74) is 3.54. The molecule has 1 aliphatic rings. The van der Waals surface area contributed by atoms with Gasteiger partial charge in [-0.05, 0) is 48.1 Å². The molecule has 4 heteroatoms. The van der Waals surface area contributed by atoms with Crippen LogP contribution in [-0.2, 0) is 17.8 Å². The van der Waals surface area contributed by atoms with E-state index in [0.717, 1.165) is 24.8 Å². The van der Waals surface area contributed by atoms with Crippen molar-refractivity contribution in [3.05, 3.63) is 71.0 Å². The van der Waals surface area contributed by atoms with Crippen LogP contribution in [0.2, 0.25) is 0 Å². The van der Waals surface area contributed by atoms with E-state index in [-0.39, 0.29) is 24.3 Å². The standard InChI is InChI=1S/C19H21FN2O/c20-16-10-8-14(9-11-16)12-21-13-19(23)22-18-7-3-5-15-4-1-2-6-17(15)18/h1-2,4,6,8-11,18,21H,3,5,7,12-13H2,(H,22,23). The van der Waals surface area contributed by atoms with Gasteiger partial charge in [0.2, 0.25) is 5.91 Å². The lowest BCUT2D eigenvalue weighted by atomic mass is 9.88. The normalized spacial score (nSPS) is 16.7. The highest BCUT2D eigenvalue weighted by Crippen LogP contribution is 2.29. The number of rotatable bonds is 5. The summed E-state index contributed by atoms with van der Waals surface area (Å²) < 4.78 is 12.8. The van der Waals surface area contributed by atoms with Gasteiger partial charge < -0.3 is 10.6 Å². The SMILES string of the molecule is O=C(CNCc1ccc(F)cc1)NC1CCCc2ccccc21. The van der Waals surface area contributed by atoms with Gasteiger partial charge in [0.05, 0.1) is 12.6 Å². The molecular weight excluding hydrogens is 291 g/mol. The lowest BCUT2D eigenvalue weighted by Gasteiger charge is -2.26. The molecule has 1 atom stereocenters. The monoisotopic (exact) mass is 312 g/mol. The van der Waals surface area contributed by atoms with E-state index in [4.69, 9.17) is 0 Å². The van der Waals surface area contributed by atoms with E-state index in [0.29, 0.717) is 6.54 Å². The van der Waals surface area contributed by atoms with Gasteiger partial charge in [0.15, 0.2) is 0 Å². The van der Waals surface area contributed by atoms with E-state index in [9.17, 15) is 9.18 Å². The first-order valence-corrected chi connectivity index (χ1v) is 8.05. The number of hydrogen-bond acceptors (Lipinski definition) is 2. The molecule has 0 saturated carbocycles. The fourth-order valence-electron chi connectivity index (χ4n) is 3.07. The molecule has 0 bridgehead atoms. The molecular formula is C19H21FN2O. The van der Waals surface area contributed by atoms with Crippen LogP contribution in [0.25, 0.3) is 0 Å². The number of hydrogen-bond donors (Lipinski definition) is 2. The first-order chi connectivity index (χ1) is 11.2. The molecule has 3 nitrogen and oxygen atoms in total. The number of nitrogens with one attached hydrogen (secondary N) is 2. The molecule has 1 unspecified atom stereocenters. The van der Waals surface area contributed by atoms with Gasteiger partial charge in [0, 0.05) is 6.54 Å². The van der Waals surface area contributed by atoms with Crippen molar-refractivity contribution in [3.63, 3.8) is 0 Å². The van der Waals surface area contributed by atoms with Crippen molar-refractivity contribution >= 4 is 5.91 Å². The van der Waals surface area contributed by atoms with Crippen molar-refractivity contribution in [2.45, 2.75) is 31.8 Å². The molecule has 0 radical (unpaired) electrons. The van der Waals surface area contributed by atoms with Crippen LogP contribution < -0.4 is 10.6 Å². The Morgan fingerprint density at radius 3 is 2.74 bits per heavy atom. The minimum Gasteiger partial charge on any atom is -0.348 e. The summed E-state index contributed by atoms with van der Waals surface area (Å²) in [7, 11) is 0. The number of amides is 1. The smallest absolute Gasteiger partial charge is 0.234 e. The minimum atomic E-state index is -0.248. The zero-order valence-corrected chi connectivity index (χ0v) is 13.0. The van der Waals surface area contributed by atoms with Crippen LogP contribution in [0.4, 0.5) is 4.39 Å². The topological polar surface area (TPSA) is 41.1 Å². The van der Waals surface area contributed by atoms with Crippen molar-refractivity contribution in [2.75, 3.05) is 6.54 Å². The number of aryl methyl sites for hydroxylation is 1. The van der Waals surface area contributed by atoms with Crippen LogP contribution in [0.5, 0.6) is 0 Å². The average molecular weight is 312 g/mol. The molecule has 1 amide bonds. The van der Waals surface area contributed by atoms with Crippen LogP contribution in [0.15, 0.2) is 48.5 Å². The molecule has 2 N–H and O–H groups in total. The Morgan fingerprint density at radius 1 is 1.13 bits per heavy atom. The Kier molecular flexibility index (Phi) is 5.03. The Bertz CT molecular complexity index is 669. The van der Waals surface area contributed by atoms with Gasteiger partial charge in [-0.15, -0.1) is 0 Å². The molecule has 3 rings (SSSR count). The minimum absolute atomic E-state index is 0.00573. The second kappa shape index (κ2) is 7.38. The van der Waals surface area contributed by atoms with Gasteiger partial charge >= 0.3 is 0 Å². The van der Waals surface area contributed by atoms with Gasteiger partial charge in [-0.25, -0.2) is 4.39 Å². The third-order valence-corrected chi connectivity index (χ3v) is 4.23. The summed E-state index contributed by atoms with van der Waals surface area (Å²) in [6.45, 7) is 0.811. The predicted octanol–water partition coefficient (Wildman–Crippen LogP) is 3.11. The second-order valence-corrected chi connectivity index (χ2v) is 5.94. The Morgan fingerprint density at radius 2 is 1.91 bits per heavy atom. The zero-order chi connectivity index (χ0) is 16.1. The van der Waals surface area contributed by atoms with E-state index in [1.54, 1.807) is 12.1 Å². The summed E-state index contributed by atoms with van der Waals surface area (Å²) in [6, 6.07) is 14.7. The molecule has 0 heterocycles. The summed E-state index contributed by atoms with van der Waals surface area (Å²) in [6.07, 6.45) is 3.18. The highest BCUT2D eigenvalue weighted by atomic mass is 19.1. The molecule has 0 aliphatic heterocycles. The largest absolute Gasteiger partial charge is 0.348 e. The fourth-order valence-corrected chi connectivity index (χ4v) is 3.07. The average Bonchev–Trinajstić information content (AvgIpc) is 2.57. The Hall–Kier alpha value is -2.20. The lowest BCUT2D eigenvalue weighted by molar-refractivity contribution is -0.121. The first kappa shape index (κ1) is 15.7. The van der Waals surface area contributed by atoms with Crippen molar-refractivity contribution in [3.8, 4) is 0 Å². The molecule has 1 aliphatic carbocycles. The zero-order valence-electron chi connectivity index (χ0n) is 13.0. The third kappa shape index (κ3) is 4.17. The third-order valence-electron chi connectivity index (χ3n) is 4.23. The molecule has 0 aromatic heterocycles. The van der Waals surface area contributed by atoms with Crippen LogP contribution in [-0.4, -0.2) is 12.5 Å². The van der Waals surface area contributed by atoms with Gasteiger partial charge in [0.1, 0.15) is 5.82 Å². The summed E-state index contributed by atoms with van der Waals surface area (Å²) in [5.74, 6) is -0.253. The van der Waals surface area contributed by atoms with E-state index >= 15 is 0 Å². The Balaban J connectivity index is 1.49. The van der Waals surface area contributed by atoms with Gasteiger partial charge in [-0.3, -0.25) is 4.79 Å². The molecule has 0 saturated heterocycles. The number of carbonyl (C=O) groups is 1. The molecule has 23 heavy (non-hydrogen) atoms. The molecule has 2 aromatic rings. The predicted molar refractivity (Wildman–Crippen MR) is 88.4 cm³/mol. The maximum Gasteiger partial charge on any atom is 0.234 e. The quantitative estimate of drug-likeness (QED) is 0.891. The molecule has 120 valence electrons. The van der Waals surface area contributed by atoms with Gasteiger partial charge in [0.25, 0.3) is 0 Å². The van der Waals surface area contributed by atoms with Crippen molar-refractivity contribution in [1.82, 2.24) is 10.6 Å². The summed E-state index contributed by atoms with van der Waals surface area (Å²) in [4.78, 5) is 12.1. The van der Waals surface area contributed by atoms with Crippen LogP contribution >= 0.6 is 0 Å². The first-order valence-electron chi connectivity index (χ1n) is 8.05. The van der Waals surface area contributed by atoms with E-state index < -0.39 is 0 Å². The highest BCUT2D eigenvalue weighted by Gasteiger charge is 2.20. The number of benzene rings is 2. The van der Waals surface area contributed by atoms with E-state index in [2.05, 4.69) is 22.8 Å². The maximum absolute atomic E-state index is 12.8. The summed E-state index contributed by atoms with van der Waals surface area (Å²) >= 11 is 0. The van der Waals surface area contributed by atoms with Crippen molar-refractivity contribution < 1.29 is 9.18 Å². The number of carbonyl (C=O) groups excluding carboxylic acids is 1. The fraction of sp³-hybridized carbons (Fsp3) is 0.316. The maximum atomic E-state index is 12.8. The van der Waals surface area contributed by atoms with Crippen molar-refractivity contribution in [1.29, 1.82) is 0 Å². The molecule has 0 spiro atoms. The van der Waals surface area contributed by atoms with E-state index in [1.807, 2.05) is 12.1 Å². The van der Waals surface area contributed by atoms with Crippen molar-refractivity contribution in [2.24, 2.45) is 0 Å². The highest BCUT2D eigenvalue weighted by molar-refractivity contribution is 5.78. The van der Waals surface area contributed by atoms with E-state index in [1.165, 1.54) is 23.3 Å². The number of fused-ring (bicyclic) bond motifs is 1. The van der Waals surface area contributed by atoms with Crippen LogP contribution in [0, 0.1) is 5.82 Å². The van der Waals surface area contributed by atoms with Gasteiger partial charge in [-0.2, -0.15) is 0 Å². The van der Waals surface area contributed by atoms with Gasteiger partial charge in [-0.1, -0.05) is 36.4 Å². The molecule has 0 fully saturated rings. The second-order valence-electron chi connectivity index (χ2n) is 5.94. The van der Waals surface area contributed by atoms with Crippen LogP contribution in [0.3, 0.4) is 0 Å².